The van der Waals surface area contributed by atoms with E-state index >= 15 is 0 Å². The lowest BCUT2D eigenvalue weighted by atomic mass is 9.74. The minimum absolute atomic E-state index is 0.0846. The van der Waals surface area contributed by atoms with Gasteiger partial charge in [-0.15, -0.1) is 0 Å². The van der Waals surface area contributed by atoms with E-state index in [9.17, 15) is 14.7 Å². The summed E-state index contributed by atoms with van der Waals surface area (Å²) in [6.07, 6.45) is 2.07. The van der Waals surface area contributed by atoms with Gasteiger partial charge in [-0.2, -0.15) is 0 Å². The Kier molecular flexibility index (Phi) is 5.02. The fourth-order valence-electron chi connectivity index (χ4n) is 1.96. The fourth-order valence-corrected chi connectivity index (χ4v) is 1.96. The lowest BCUT2D eigenvalue weighted by Crippen LogP contribution is -2.59. The zero-order valence-corrected chi connectivity index (χ0v) is 13.0. The molecule has 1 fully saturated rings. The summed E-state index contributed by atoms with van der Waals surface area (Å²) >= 11 is 0. The van der Waals surface area contributed by atoms with Gasteiger partial charge in [-0.05, 0) is 40.5 Å². The molecule has 20 heavy (non-hydrogen) atoms. The van der Waals surface area contributed by atoms with Crippen LogP contribution in [-0.4, -0.2) is 53.8 Å². The van der Waals surface area contributed by atoms with Gasteiger partial charge in [0.1, 0.15) is 0 Å². The molecule has 0 aromatic heterocycles. The first-order valence-electron chi connectivity index (χ1n) is 6.96. The van der Waals surface area contributed by atoms with E-state index in [0.717, 1.165) is 19.4 Å². The summed E-state index contributed by atoms with van der Waals surface area (Å²) in [6.45, 7) is 7.93. The molecule has 0 radical (unpaired) electrons. The molecular weight excluding hydrogens is 260 g/mol. The summed E-state index contributed by atoms with van der Waals surface area (Å²) in [4.78, 5) is 25.0. The van der Waals surface area contributed by atoms with Gasteiger partial charge in [0.15, 0.2) is 0 Å². The van der Waals surface area contributed by atoms with Gasteiger partial charge >= 0.3 is 12.0 Å². The number of carboxylic acid groups (broad SMARTS) is 1. The monoisotopic (exact) mass is 286 g/mol. The number of carbonyl (C=O) groups is 2. The Labute approximate surface area is 120 Å². The second-order valence-electron chi connectivity index (χ2n) is 6.50. The summed E-state index contributed by atoms with van der Waals surface area (Å²) in [5, 5.41) is 12.1. The van der Waals surface area contributed by atoms with E-state index in [1.807, 2.05) is 0 Å². The minimum Gasteiger partial charge on any atom is -0.481 e. The van der Waals surface area contributed by atoms with Crippen molar-refractivity contribution >= 4 is 12.0 Å². The molecule has 0 aromatic carbocycles. The molecule has 0 spiro atoms. The van der Waals surface area contributed by atoms with E-state index in [-0.39, 0.29) is 12.1 Å². The van der Waals surface area contributed by atoms with Gasteiger partial charge < -0.3 is 20.1 Å². The topological polar surface area (TPSA) is 78.9 Å². The molecule has 116 valence electrons. The molecule has 1 unspecified atom stereocenters. The van der Waals surface area contributed by atoms with Gasteiger partial charge in [0.2, 0.25) is 0 Å². The molecule has 2 N–H and O–H groups in total. The van der Waals surface area contributed by atoms with Gasteiger partial charge in [0.05, 0.1) is 17.1 Å². The molecule has 1 aliphatic heterocycles. The molecule has 1 saturated heterocycles. The normalized spacial score (nSPS) is 19.8. The van der Waals surface area contributed by atoms with E-state index in [2.05, 4.69) is 5.32 Å². The molecule has 6 nitrogen and oxygen atoms in total. The third-order valence-corrected chi connectivity index (χ3v) is 4.36. The van der Waals surface area contributed by atoms with E-state index < -0.39 is 16.9 Å². The van der Waals surface area contributed by atoms with Crippen LogP contribution in [0.1, 0.15) is 40.5 Å². The Morgan fingerprint density at radius 3 is 2.40 bits per heavy atom. The summed E-state index contributed by atoms with van der Waals surface area (Å²) in [7, 11) is 1.70. The molecule has 0 bridgehead atoms. The minimum atomic E-state index is -1.06. The summed E-state index contributed by atoms with van der Waals surface area (Å²) < 4.78 is 5.49. The predicted octanol–water partition coefficient (Wildman–Crippen LogP) is 1.70. The number of carbonyl (C=O) groups excluding carboxylic acids is 1. The number of ether oxygens (including phenoxy) is 1. The maximum absolute atomic E-state index is 12.2. The van der Waals surface area contributed by atoms with Crippen molar-refractivity contribution in [2.45, 2.75) is 52.2 Å². The zero-order valence-electron chi connectivity index (χ0n) is 13.0. The first-order chi connectivity index (χ1) is 9.08. The molecule has 6 heteroatoms. The first kappa shape index (κ1) is 16.8. The van der Waals surface area contributed by atoms with Crippen molar-refractivity contribution in [2.75, 3.05) is 20.2 Å². The Morgan fingerprint density at radius 1 is 1.35 bits per heavy atom. The number of rotatable bonds is 5. The summed E-state index contributed by atoms with van der Waals surface area (Å²) in [5.74, 6) is -0.940. The lowest BCUT2D eigenvalue weighted by molar-refractivity contribution is -0.150. The van der Waals surface area contributed by atoms with Crippen LogP contribution >= 0.6 is 0 Å². The quantitative estimate of drug-likeness (QED) is 0.806. The molecule has 0 aliphatic carbocycles. The number of hydrogen-bond acceptors (Lipinski definition) is 3. The highest BCUT2D eigenvalue weighted by atomic mass is 16.5. The average Bonchev–Trinajstić information content (AvgIpc) is 2.80. The number of likely N-dealkylation sites (N-methyl/N-ethyl adjacent to an activating group) is 1. The fraction of sp³-hybridized carbons (Fsp3) is 0.857. The van der Waals surface area contributed by atoms with Crippen LogP contribution in [0.3, 0.4) is 0 Å². The highest BCUT2D eigenvalue weighted by Gasteiger charge is 2.44. The van der Waals surface area contributed by atoms with Crippen molar-refractivity contribution in [3.05, 3.63) is 0 Å². The molecule has 1 rings (SSSR count). The number of nitrogens with one attached hydrogen (secondary N) is 1. The molecule has 1 heterocycles. The molecular formula is C14H26N2O4. The number of urea groups is 1. The third-order valence-electron chi connectivity index (χ3n) is 4.36. The molecule has 1 aliphatic rings. The van der Waals surface area contributed by atoms with Crippen LogP contribution in [0.5, 0.6) is 0 Å². The maximum atomic E-state index is 12.2. The number of hydrogen-bond donors (Lipinski definition) is 2. The highest BCUT2D eigenvalue weighted by Crippen LogP contribution is 2.30. The van der Waals surface area contributed by atoms with Crippen LogP contribution in [0.4, 0.5) is 4.79 Å². The SMILES string of the molecule is CN(CC1CCCO1)C(=O)NC(C)(C)C(C)(C)C(=O)O. The second kappa shape index (κ2) is 5.99. The van der Waals surface area contributed by atoms with Gasteiger partial charge in [-0.3, -0.25) is 4.79 Å². The smallest absolute Gasteiger partial charge is 0.317 e. The third kappa shape index (κ3) is 3.62. The number of amides is 2. The van der Waals surface area contributed by atoms with Crippen molar-refractivity contribution in [1.29, 1.82) is 0 Å². The van der Waals surface area contributed by atoms with Crippen LogP contribution in [0.25, 0.3) is 0 Å². The Balaban J connectivity index is 2.61. The van der Waals surface area contributed by atoms with Crippen LogP contribution in [0, 0.1) is 5.41 Å². The number of carboxylic acids is 1. The Hall–Kier alpha value is -1.30. The van der Waals surface area contributed by atoms with E-state index in [1.165, 1.54) is 0 Å². The Bertz CT molecular complexity index is 373. The van der Waals surface area contributed by atoms with Gasteiger partial charge in [0, 0.05) is 20.2 Å². The van der Waals surface area contributed by atoms with Crippen LogP contribution in [-0.2, 0) is 9.53 Å². The zero-order chi connectivity index (χ0) is 15.6. The lowest BCUT2D eigenvalue weighted by Gasteiger charge is -2.39. The van der Waals surface area contributed by atoms with E-state index in [0.29, 0.717) is 6.54 Å². The highest BCUT2D eigenvalue weighted by molar-refractivity contribution is 5.79. The maximum Gasteiger partial charge on any atom is 0.317 e. The van der Waals surface area contributed by atoms with Crippen molar-refractivity contribution < 1.29 is 19.4 Å². The average molecular weight is 286 g/mol. The molecule has 0 saturated carbocycles. The van der Waals surface area contributed by atoms with Crippen molar-refractivity contribution in [3.8, 4) is 0 Å². The van der Waals surface area contributed by atoms with Crippen molar-refractivity contribution in [1.82, 2.24) is 10.2 Å². The van der Waals surface area contributed by atoms with Gasteiger partial charge in [-0.1, -0.05) is 0 Å². The second-order valence-corrected chi connectivity index (χ2v) is 6.50. The number of aliphatic carboxylic acids is 1. The van der Waals surface area contributed by atoms with Crippen LogP contribution in [0.15, 0.2) is 0 Å². The first-order valence-corrected chi connectivity index (χ1v) is 6.96. The van der Waals surface area contributed by atoms with Crippen molar-refractivity contribution in [3.63, 3.8) is 0 Å². The van der Waals surface area contributed by atoms with Gasteiger partial charge in [0.25, 0.3) is 0 Å². The van der Waals surface area contributed by atoms with Gasteiger partial charge in [-0.25, -0.2) is 4.79 Å². The van der Waals surface area contributed by atoms with E-state index in [1.54, 1.807) is 39.6 Å². The predicted molar refractivity (Wildman–Crippen MR) is 75.6 cm³/mol. The molecule has 2 amide bonds. The number of nitrogens with zero attached hydrogens (tertiary/aromatic N) is 1. The van der Waals surface area contributed by atoms with Crippen LogP contribution in [0.2, 0.25) is 0 Å². The standard InChI is InChI=1S/C14H26N2O4/c1-13(2,11(17)18)14(3,4)15-12(19)16(5)9-10-7-6-8-20-10/h10H,6-9H2,1-5H3,(H,15,19)(H,17,18). The van der Waals surface area contributed by atoms with Crippen LogP contribution < -0.4 is 5.32 Å². The molecule has 1 atom stereocenters. The van der Waals surface area contributed by atoms with E-state index in [4.69, 9.17) is 4.74 Å². The molecule has 0 aromatic rings. The summed E-state index contributed by atoms with van der Waals surface area (Å²) in [5.41, 5.74) is -1.92. The summed E-state index contributed by atoms with van der Waals surface area (Å²) in [6, 6.07) is -0.278. The largest absolute Gasteiger partial charge is 0.481 e. The van der Waals surface area contributed by atoms with Crippen molar-refractivity contribution in [2.24, 2.45) is 5.41 Å². The Morgan fingerprint density at radius 2 is 1.95 bits per heavy atom.